The average Bonchev–Trinajstić information content (AvgIpc) is 2.76. The molecule has 0 aromatic rings. The highest BCUT2D eigenvalue weighted by Crippen LogP contribution is 2.16. The summed E-state index contributed by atoms with van der Waals surface area (Å²) in [6.45, 7) is 9.69. The van der Waals surface area contributed by atoms with Gasteiger partial charge in [-0.05, 0) is 40.5 Å². The highest BCUT2D eigenvalue weighted by Gasteiger charge is 2.31. The Morgan fingerprint density at radius 1 is 1.37 bits per heavy atom. The molecule has 0 saturated carbocycles. The van der Waals surface area contributed by atoms with Crippen LogP contribution in [0.4, 0.5) is 0 Å². The Morgan fingerprint density at radius 2 is 2.05 bits per heavy atom. The molecule has 112 valence electrons. The van der Waals surface area contributed by atoms with Crippen molar-refractivity contribution in [2.24, 2.45) is 0 Å². The fourth-order valence-corrected chi connectivity index (χ4v) is 2.44. The molecule has 5 heteroatoms. The third-order valence-electron chi connectivity index (χ3n) is 3.45. The van der Waals surface area contributed by atoms with Crippen LogP contribution in [0.1, 0.15) is 40.5 Å². The minimum absolute atomic E-state index is 0.0603. The summed E-state index contributed by atoms with van der Waals surface area (Å²) in [6, 6.07) is 0.532. The SMILES string of the molecule is CC(C)OC(=O)C1CCC(CN(CCO)C(C)C)N1. The van der Waals surface area contributed by atoms with Crippen LogP contribution in [0.15, 0.2) is 0 Å². The highest BCUT2D eigenvalue weighted by atomic mass is 16.5. The van der Waals surface area contributed by atoms with E-state index in [0.29, 0.717) is 18.6 Å². The molecule has 2 atom stereocenters. The summed E-state index contributed by atoms with van der Waals surface area (Å²) in [5, 5.41) is 12.4. The molecule has 0 aromatic heterocycles. The molecule has 0 amide bonds. The third kappa shape index (κ3) is 5.47. The Morgan fingerprint density at radius 3 is 2.58 bits per heavy atom. The van der Waals surface area contributed by atoms with Crippen molar-refractivity contribution in [2.75, 3.05) is 19.7 Å². The van der Waals surface area contributed by atoms with Gasteiger partial charge in [-0.3, -0.25) is 9.69 Å². The molecule has 1 aliphatic rings. The minimum atomic E-state index is -0.171. The summed E-state index contributed by atoms with van der Waals surface area (Å²) in [5.41, 5.74) is 0. The van der Waals surface area contributed by atoms with Gasteiger partial charge in [-0.1, -0.05) is 0 Å². The van der Waals surface area contributed by atoms with Gasteiger partial charge < -0.3 is 15.2 Å². The zero-order valence-electron chi connectivity index (χ0n) is 12.6. The topological polar surface area (TPSA) is 61.8 Å². The summed E-state index contributed by atoms with van der Waals surface area (Å²) >= 11 is 0. The maximum atomic E-state index is 11.8. The standard InChI is InChI=1S/C14H28N2O3/c1-10(2)16(7-8-17)9-12-5-6-13(15-12)14(18)19-11(3)4/h10-13,15,17H,5-9H2,1-4H3. The molecular weight excluding hydrogens is 244 g/mol. The van der Waals surface area contributed by atoms with Crippen LogP contribution in [0, 0.1) is 0 Å². The van der Waals surface area contributed by atoms with E-state index in [-0.39, 0.29) is 24.7 Å². The van der Waals surface area contributed by atoms with E-state index >= 15 is 0 Å². The Balaban J connectivity index is 2.40. The Bertz CT molecular complexity index is 282. The smallest absolute Gasteiger partial charge is 0.323 e. The van der Waals surface area contributed by atoms with E-state index in [2.05, 4.69) is 24.1 Å². The molecule has 1 aliphatic heterocycles. The van der Waals surface area contributed by atoms with E-state index in [1.54, 1.807) is 0 Å². The van der Waals surface area contributed by atoms with E-state index in [1.165, 1.54) is 0 Å². The Hall–Kier alpha value is -0.650. The van der Waals surface area contributed by atoms with Crippen molar-refractivity contribution in [2.45, 2.75) is 64.8 Å². The first-order chi connectivity index (χ1) is 8.93. The summed E-state index contributed by atoms with van der Waals surface area (Å²) < 4.78 is 5.23. The fourth-order valence-electron chi connectivity index (χ4n) is 2.44. The second-order valence-corrected chi connectivity index (χ2v) is 5.79. The quantitative estimate of drug-likeness (QED) is 0.670. The number of hydrogen-bond donors (Lipinski definition) is 2. The van der Waals surface area contributed by atoms with E-state index in [0.717, 1.165) is 19.4 Å². The first-order valence-corrected chi connectivity index (χ1v) is 7.25. The normalized spacial score (nSPS) is 23.6. The van der Waals surface area contributed by atoms with Gasteiger partial charge in [0, 0.05) is 25.2 Å². The van der Waals surface area contributed by atoms with Gasteiger partial charge in [-0.25, -0.2) is 0 Å². The number of carbonyl (C=O) groups is 1. The number of aliphatic hydroxyl groups is 1. The molecule has 0 spiro atoms. The third-order valence-corrected chi connectivity index (χ3v) is 3.45. The fraction of sp³-hybridized carbons (Fsp3) is 0.929. The van der Waals surface area contributed by atoms with Crippen LogP contribution in [0.3, 0.4) is 0 Å². The lowest BCUT2D eigenvalue weighted by Crippen LogP contribution is -2.45. The van der Waals surface area contributed by atoms with Crippen molar-refractivity contribution in [1.82, 2.24) is 10.2 Å². The molecule has 0 aliphatic carbocycles. The van der Waals surface area contributed by atoms with Crippen molar-refractivity contribution < 1.29 is 14.6 Å². The second kappa shape index (κ2) is 7.82. The van der Waals surface area contributed by atoms with Crippen LogP contribution in [-0.2, 0) is 9.53 Å². The van der Waals surface area contributed by atoms with Crippen LogP contribution in [0.5, 0.6) is 0 Å². The molecule has 2 N–H and O–H groups in total. The maximum Gasteiger partial charge on any atom is 0.323 e. The van der Waals surface area contributed by atoms with Crippen molar-refractivity contribution in [3.63, 3.8) is 0 Å². The number of nitrogens with one attached hydrogen (secondary N) is 1. The Kier molecular flexibility index (Phi) is 6.75. The molecule has 1 heterocycles. The maximum absolute atomic E-state index is 11.8. The number of carbonyl (C=O) groups excluding carboxylic acids is 1. The van der Waals surface area contributed by atoms with Gasteiger partial charge in [0.25, 0.3) is 0 Å². The first kappa shape index (κ1) is 16.4. The molecule has 0 radical (unpaired) electrons. The number of hydrogen-bond acceptors (Lipinski definition) is 5. The number of rotatable bonds is 7. The molecule has 5 nitrogen and oxygen atoms in total. The minimum Gasteiger partial charge on any atom is -0.462 e. The van der Waals surface area contributed by atoms with E-state index in [1.807, 2.05) is 13.8 Å². The van der Waals surface area contributed by atoms with Crippen molar-refractivity contribution in [1.29, 1.82) is 0 Å². The van der Waals surface area contributed by atoms with Crippen LogP contribution in [0.25, 0.3) is 0 Å². The van der Waals surface area contributed by atoms with E-state index < -0.39 is 0 Å². The first-order valence-electron chi connectivity index (χ1n) is 7.25. The van der Waals surface area contributed by atoms with Crippen LogP contribution in [-0.4, -0.2) is 59.9 Å². The van der Waals surface area contributed by atoms with Gasteiger partial charge in [0.15, 0.2) is 0 Å². The monoisotopic (exact) mass is 272 g/mol. The van der Waals surface area contributed by atoms with Gasteiger partial charge in [0.1, 0.15) is 6.04 Å². The molecule has 0 aromatic carbocycles. The lowest BCUT2D eigenvalue weighted by molar-refractivity contribution is -0.149. The van der Waals surface area contributed by atoms with Gasteiger partial charge in [-0.2, -0.15) is 0 Å². The summed E-state index contributed by atoms with van der Waals surface area (Å²) in [5.74, 6) is -0.143. The van der Waals surface area contributed by atoms with Crippen LogP contribution < -0.4 is 5.32 Å². The Labute approximate surface area is 116 Å². The van der Waals surface area contributed by atoms with Gasteiger partial charge >= 0.3 is 5.97 Å². The number of nitrogens with zero attached hydrogens (tertiary/aromatic N) is 1. The van der Waals surface area contributed by atoms with Gasteiger partial charge in [0.05, 0.1) is 12.7 Å². The van der Waals surface area contributed by atoms with Crippen molar-refractivity contribution in [3.8, 4) is 0 Å². The van der Waals surface area contributed by atoms with Gasteiger partial charge in [0.2, 0.25) is 0 Å². The highest BCUT2D eigenvalue weighted by molar-refractivity contribution is 5.76. The number of aliphatic hydroxyl groups excluding tert-OH is 1. The lowest BCUT2D eigenvalue weighted by atomic mass is 10.1. The number of esters is 1. The largest absolute Gasteiger partial charge is 0.462 e. The van der Waals surface area contributed by atoms with Crippen molar-refractivity contribution >= 4 is 5.97 Å². The van der Waals surface area contributed by atoms with E-state index in [9.17, 15) is 4.79 Å². The summed E-state index contributed by atoms with van der Waals surface area (Å²) in [7, 11) is 0. The second-order valence-electron chi connectivity index (χ2n) is 5.79. The van der Waals surface area contributed by atoms with Crippen LogP contribution >= 0.6 is 0 Å². The molecule has 19 heavy (non-hydrogen) atoms. The summed E-state index contributed by atoms with van der Waals surface area (Å²) in [4.78, 5) is 14.0. The molecule has 1 fully saturated rings. The summed E-state index contributed by atoms with van der Waals surface area (Å²) in [6.07, 6.45) is 1.75. The molecule has 2 unspecified atom stereocenters. The van der Waals surface area contributed by atoms with Crippen molar-refractivity contribution in [3.05, 3.63) is 0 Å². The predicted octanol–water partition coefficient (Wildman–Crippen LogP) is 0.761. The van der Waals surface area contributed by atoms with Crippen LogP contribution in [0.2, 0.25) is 0 Å². The van der Waals surface area contributed by atoms with E-state index in [4.69, 9.17) is 9.84 Å². The van der Waals surface area contributed by atoms with Gasteiger partial charge in [-0.15, -0.1) is 0 Å². The molecule has 1 rings (SSSR count). The predicted molar refractivity (Wildman–Crippen MR) is 75.0 cm³/mol. The average molecular weight is 272 g/mol. The molecule has 1 saturated heterocycles. The molecular formula is C14H28N2O3. The number of ether oxygens (including phenoxy) is 1. The lowest BCUT2D eigenvalue weighted by Gasteiger charge is -2.28. The zero-order valence-corrected chi connectivity index (χ0v) is 12.6. The zero-order chi connectivity index (χ0) is 14.4. The molecule has 0 bridgehead atoms.